The average molecular weight is 389 g/mol. The smallest absolute Gasteiger partial charge is 0.303 e. The van der Waals surface area contributed by atoms with E-state index in [-0.39, 0.29) is 6.42 Å². The first-order valence-corrected chi connectivity index (χ1v) is 10.1. The van der Waals surface area contributed by atoms with Crippen molar-refractivity contribution in [3.8, 4) is 22.5 Å². The molecule has 2 aromatic carbocycles. The molecule has 150 valence electrons. The molecular formula is C24H27N3O2. The van der Waals surface area contributed by atoms with Gasteiger partial charge in [0.1, 0.15) is 5.82 Å². The van der Waals surface area contributed by atoms with E-state index in [2.05, 4.69) is 29.2 Å². The Hall–Kier alpha value is -3.21. The SMILES string of the molecule is CN(CCCCCCC(=O)O)c1cnc(-c2ccccc2)c(-c2ccccc2)n1. The first kappa shape index (κ1) is 20.5. The van der Waals surface area contributed by atoms with E-state index in [1.54, 1.807) is 0 Å². The Balaban J connectivity index is 1.74. The largest absolute Gasteiger partial charge is 0.481 e. The van der Waals surface area contributed by atoms with E-state index in [9.17, 15) is 4.79 Å². The van der Waals surface area contributed by atoms with Crippen LogP contribution in [0.3, 0.4) is 0 Å². The minimum atomic E-state index is -0.718. The van der Waals surface area contributed by atoms with E-state index in [4.69, 9.17) is 15.1 Å². The van der Waals surface area contributed by atoms with Gasteiger partial charge < -0.3 is 10.0 Å². The van der Waals surface area contributed by atoms with Crippen molar-refractivity contribution in [2.75, 3.05) is 18.5 Å². The zero-order valence-electron chi connectivity index (χ0n) is 16.8. The molecule has 1 heterocycles. The van der Waals surface area contributed by atoms with Crippen LogP contribution in [0, 0.1) is 0 Å². The van der Waals surface area contributed by atoms with E-state index >= 15 is 0 Å². The van der Waals surface area contributed by atoms with Crippen LogP contribution in [-0.4, -0.2) is 34.6 Å². The van der Waals surface area contributed by atoms with Crippen LogP contribution in [0.4, 0.5) is 5.82 Å². The van der Waals surface area contributed by atoms with Gasteiger partial charge in [0.15, 0.2) is 0 Å². The molecule has 0 bridgehead atoms. The van der Waals surface area contributed by atoms with Gasteiger partial charge in [0, 0.05) is 31.1 Å². The third-order valence-electron chi connectivity index (χ3n) is 4.88. The van der Waals surface area contributed by atoms with Crippen molar-refractivity contribution in [2.24, 2.45) is 0 Å². The van der Waals surface area contributed by atoms with Crippen molar-refractivity contribution in [3.05, 3.63) is 66.9 Å². The van der Waals surface area contributed by atoms with Crippen molar-refractivity contribution in [1.29, 1.82) is 0 Å². The number of aliphatic carboxylic acids is 1. The molecule has 3 aromatic rings. The lowest BCUT2D eigenvalue weighted by Crippen LogP contribution is -2.20. The lowest BCUT2D eigenvalue weighted by molar-refractivity contribution is -0.137. The molecule has 5 heteroatoms. The Kier molecular flexibility index (Phi) is 7.34. The van der Waals surface area contributed by atoms with Crippen molar-refractivity contribution in [2.45, 2.75) is 32.1 Å². The molecule has 0 aliphatic heterocycles. The van der Waals surface area contributed by atoms with Crippen LogP contribution in [0.1, 0.15) is 32.1 Å². The number of benzene rings is 2. The van der Waals surface area contributed by atoms with Crippen LogP contribution in [0.2, 0.25) is 0 Å². The zero-order valence-corrected chi connectivity index (χ0v) is 16.8. The highest BCUT2D eigenvalue weighted by atomic mass is 16.4. The number of rotatable bonds is 10. The Bertz CT molecular complexity index is 914. The number of anilines is 1. The maximum absolute atomic E-state index is 10.6. The summed E-state index contributed by atoms with van der Waals surface area (Å²) in [6.45, 7) is 0.862. The molecule has 1 aromatic heterocycles. The first-order chi connectivity index (χ1) is 14.1. The molecule has 29 heavy (non-hydrogen) atoms. The lowest BCUT2D eigenvalue weighted by atomic mass is 10.0. The van der Waals surface area contributed by atoms with Crippen LogP contribution in [-0.2, 0) is 4.79 Å². The summed E-state index contributed by atoms with van der Waals surface area (Å²) in [6, 6.07) is 20.3. The lowest BCUT2D eigenvalue weighted by Gasteiger charge is -2.20. The maximum atomic E-state index is 10.6. The number of hydrogen-bond donors (Lipinski definition) is 1. The number of carboxylic acids is 1. The number of nitrogens with zero attached hydrogens (tertiary/aromatic N) is 3. The standard InChI is InChI=1S/C24H27N3O2/c1-27(17-11-3-2-10-16-22(28)29)21-18-25-23(19-12-6-4-7-13-19)24(26-21)20-14-8-5-9-15-20/h4-9,12-15,18H,2-3,10-11,16-17H2,1H3,(H,28,29). The van der Waals surface area contributed by atoms with Crippen molar-refractivity contribution >= 4 is 11.8 Å². The summed E-state index contributed by atoms with van der Waals surface area (Å²) in [5.74, 6) is 0.124. The molecule has 0 saturated heterocycles. The molecule has 0 unspecified atom stereocenters. The fourth-order valence-electron chi connectivity index (χ4n) is 3.26. The Morgan fingerprint density at radius 1 is 0.862 bits per heavy atom. The highest BCUT2D eigenvalue weighted by Gasteiger charge is 2.13. The van der Waals surface area contributed by atoms with Crippen LogP contribution >= 0.6 is 0 Å². The van der Waals surface area contributed by atoms with E-state index in [0.717, 1.165) is 60.6 Å². The predicted molar refractivity (Wildman–Crippen MR) is 117 cm³/mol. The maximum Gasteiger partial charge on any atom is 0.303 e. The van der Waals surface area contributed by atoms with Gasteiger partial charge in [-0.25, -0.2) is 4.98 Å². The zero-order chi connectivity index (χ0) is 20.5. The molecule has 0 radical (unpaired) electrons. The summed E-state index contributed by atoms with van der Waals surface area (Å²) in [6.07, 6.45) is 5.77. The van der Waals surface area contributed by atoms with Gasteiger partial charge in [-0.15, -0.1) is 0 Å². The van der Waals surface area contributed by atoms with E-state index < -0.39 is 5.97 Å². The van der Waals surface area contributed by atoms with Crippen LogP contribution < -0.4 is 4.90 Å². The molecular weight excluding hydrogens is 362 g/mol. The van der Waals surface area contributed by atoms with Crippen LogP contribution in [0.15, 0.2) is 66.9 Å². The van der Waals surface area contributed by atoms with Gasteiger partial charge in [-0.1, -0.05) is 73.5 Å². The second-order valence-corrected chi connectivity index (χ2v) is 7.14. The highest BCUT2D eigenvalue weighted by molar-refractivity contribution is 5.78. The van der Waals surface area contributed by atoms with Crippen molar-refractivity contribution < 1.29 is 9.90 Å². The van der Waals surface area contributed by atoms with Gasteiger partial charge in [-0.3, -0.25) is 9.78 Å². The number of carbonyl (C=O) groups is 1. The summed E-state index contributed by atoms with van der Waals surface area (Å²) >= 11 is 0. The van der Waals surface area contributed by atoms with Crippen LogP contribution in [0.5, 0.6) is 0 Å². The second kappa shape index (κ2) is 10.4. The Labute approximate surface area is 172 Å². The van der Waals surface area contributed by atoms with Gasteiger partial charge in [0.05, 0.1) is 17.6 Å². The van der Waals surface area contributed by atoms with Crippen LogP contribution in [0.25, 0.3) is 22.5 Å². The van der Waals surface area contributed by atoms with Crippen molar-refractivity contribution in [1.82, 2.24) is 9.97 Å². The minimum Gasteiger partial charge on any atom is -0.481 e. The van der Waals surface area contributed by atoms with Gasteiger partial charge in [0.2, 0.25) is 0 Å². The topological polar surface area (TPSA) is 66.3 Å². The quantitative estimate of drug-likeness (QED) is 0.478. The molecule has 0 aliphatic carbocycles. The molecule has 0 saturated carbocycles. The number of unbranched alkanes of at least 4 members (excludes halogenated alkanes) is 3. The molecule has 5 nitrogen and oxygen atoms in total. The van der Waals surface area contributed by atoms with E-state index in [0.29, 0.717) is 0 Å². The number of hydrogen-bond acceptors (Lipinski definition) is 4. The third kappa shape index (κ3) is 5.88. The molecule has 0 fully saturated rings. The van der Waals surface area contributed by atoms with Gasteiger partial charge in [0.25, 0.3) is 0 Å². The summed E-state index contributed by atoms with van der Waals surface area (Å²) in [7, 11) is 2.03. The monoisotopic (exact) mass is 389 g/mol. The number of aromatic nitrogens is 2. The Morgan fingerprint density at radius 2 is 1.45 bits per heavy atom. The van der Waals surface area contributed by atoms with Crippen molar-refractivity contribution in [3.63, 3.8) is 0 Å². The molecule has 0 atom stereocenters. The van der Waals surface area contributed by atoms with Gasteiger partial charge >= 0.3 is 5.97 Å². The normalized spacial score (nSPS) is 10.7. The predicted octanol–water partition coefficient (Wildman–Crippen LogP) is 5.28. The highest BCUT2D eigenvalue weighted by Crippen LogP contribution is 2.30. The average Bonchev–Trinajstić information content (AvgIpc) is 2.76. The second-order valence-electron chi connectivity index (χ2n) is 7.14. The van der Waals surface area contributed by atoms with Gasteiger partial charge in [-0.2, -0.15) is 0 Å². The molecule has 3 rings (SSSR count). The van der Waals surface area contributed by atoms with E-state index in [1.165, 1.54) is 0 Å². The minimum absolute atomic E-state index is 0.253. The summed E-state index contributed by atoms with van der Waals surface area (Å²) in [5, 5.41) is 8.71. The summed E-state index contributed by atoms with van der Waals surface area (Å²) in [4.78, 5) is 22.4. The molecule has 0 spiro atoms. The fourth-order valence-corrected chi connectivity index (χ4v) is 3.26. The Morgan fingerprint density at radius 3 is 2.07 bits per heavy atom. The third-order valence-corrected chi connectivity index (χ3v) is 4.88. The summed E-state index contributed by atoms with van der Waals surface area (Å²) in [5.41, 5.74) is 3.85. The fraction of sp³-hybridized carbons (Fsp3) is 0.292. The first-order valence-electron chi connectivity index (χ1n) is 10.1. The van der Waals surface area contributed by atoms with E-state index in [1.807, 2.05) is 49.6 Å². The molecule has 0 amide bonds. The molecule has 1 N–H and O–H groups in total. The summed E-state index contributed by atoms with van der Waals surface area (Å²) < 4.78 is 0. The van der Waals surface area contributed by atoms with Gasteiger partial charge in [-0.05, 0) is 12.8 Å². The molecule has 0 aliphatic rings. The number of carboxylic acid groups (broad SMARTS) is 1.